The number of nitrogens with one attached hydrogen (secondary N) is 1. The van der Waals surface area contributed by atoms with Crippen LogP contribution in [0.4, 0.5) is 0 Å². The summed E-state index contributed by atoms with van der Waals surface area (Å²) in [6, 6.07) is 11.3. The summed E-state index contributed by atoms with van der Waals surface area (Å²) in [7, 11) is 0. The van der Waals surface area contributed by atoms with E-state index >= 15 is 0 Å². The molecule has 0 saturated carbocycles. The molecule has 2 N–H and O–H groups in total. The Morgan fingerprint density at radius 2 is 1.72 bits per heavy atom. The predicted molar refractivity (Wildman–Crippen MR) is 101 cm³/mol. The molecule has 0 bridgehead atoms. The second-order valence-corrected chi connectivity index (χ2v) is 7.54. The average molecular weight is 357 g/mol. The van der Waals surface area contributed by atoms with Gasteiger partial charge in [0.25, 0.3) is 5.91 Å². The number of aryl methyl sites for hydroxylation is 3. The Morgan fingerprint density at radius 1 is 1.12 bits per heavy atom. The quantitative estimate of drug-likeness (QED) is 0.764. The van der Waals surface area contributed by atoms with Crippen molar-refractivity contribution in [2.45, 2.75) is 44.4 Å². The summed E-state index contributed by atoms with van der Waals surface area (Å²) < 4.78 is 0. The molecule has 0 heterocycles. The van der Waals surface area contributed by atoms with Gasteiger partial charge in [-0.2, -0.15) is 0 Å². The van der Waals surface area contributed by atoms with E-state index in [0.29, 0.717) is 17.0 Å². The third kappa shape index (κ3) is 4.86. The summed E-state index contributed by atoms with van der Waals surface area (Å²) in [5.74, 6) is -1.09. The number of amides is 1. The Bertz CT molecular complexity index is 778. The largest absolute Gasteiger partial charge is 0.480 e. The maximum atomic E-state index is 12.6. The molecule has 1 unspecified atom stereocenters. The zero-order chi connectivity index (χ0) is 18.6. The molecule has 1 amide bonds. The first-order valence-electron chi connectivity index (χ1n) is 8.13. The lowest BCUT2D eigenvalue weighted by molar-refractivity contribution is -0.136. The molecule has 5 heteroatoms. The van der Waals surface area contributed by atoms with Gasteiger partial charge in [0.2, 0.25) is 0 Å². The number of carboxylic acids is 1. The third-order valence-electron chi connectivity index (χ3n) is 4.05. The molecule has 4 nitrogen and oxygen atoms in total. The molecule has 0 aliphatic rings. The van der Waals surface area contributed by atoms with E-state index < -0.39 is 11.2 Å². The number of carboxylic acid groups (broad SMARTS) is 1. The predicted octanol–water partition coefficient (Wildman–Crippen LogP) is 4.11. The minimum absolute atomic E-state index is 0.194. The second-order valence-electron chi connectivity index (χ2n) is 6.15. The van der Waals surface area contributed by atoms with Gasteiger partial charge in [0.1, 0.15) is 5.25 Å². The van der Waals surface area contributed by atoms with Crippen LogP contribution in [0.1, 0.15) is 39.5 Å². The van der Waals surface area contributed by atoms with Crippen LogP contribution < -0.4 is 5.32 Å². The van der Waals surface area contributed by atoms with Crippen molar-refractivity contribution in [2.75, 3.05) is 0 Å². The number of rotatable bonds is 6. The Kier molecular flexibility index (Phi) is 6.26. The van der Waals surface area contributed by atoms with E-state index in [4.69, 9.17) is 5.11 Å². The summed E-state index contributed by atoms with van der Waals surface area (Å²) in [6.07, 6.45) is 0. The number of thioether (sulfide) groups is 1. The molecule has 2 aromatic carbocycles. The van der Waals surface area contributed by atoms with Gasteiger partial charge in [0, 0.05) is 11.4 Å². The molecule has 0 aromatic heterocycles. The zero-order valence-corrected chi connectivity index (χ0v) is 15.7. The summed E-state index contributed by atoms with van der Waals surface area (Å²) in [4.78, 5) is 24.4. The minimum Gasteiger partial charge on any atom is -0.480 e. The summed E-state index contributed by atoms with van der Waals surface area (Å²) in [5, 5.41) is 11.4. The molecule has 132 valence electrons. The molecular formula is C20H23NO3S. The second kappa shape index (κ2) is 8.21. The van der Waals surface area contributed by atoms with Crippen LogP contribution in [0.5, 0.6) is 0 Å². The normalized spacial score (nSPS) is 11.8. The fourth-order valence-electron chi connectivity index (χ4n) is 2.75. The van der Waals surface area contributed by atoms with Crippen molar-refractivity contribution in [1.82, 2.24) is 5.32 Å². The van der Waals surface area contributed by atoms with Crippen LogP contribution in [0.25, 0.3) is 0 Å². The molecule has 1 atom stereocenters. The van der Waals surface area contributed by atoms with Crippen molar-refractivity contribution in [3.8, 4) is 0 Å². The summed E-state index contributed by atoms with van der Waals surface area (Å²) in [5.41, 5.74) is 5.13. The number of aliphatic carboxylic acids is 1. The first kappa shape index (κ1) is 19.1. The summed E-state index contributed by atoms with van der Waals surface area (Å²) in [6.45, 7) is 8.20. The molecule has 0 aliphatic heterocycles. The van der Waals surface area contributed by atoms with Crippen molar-refractivity contribution in [3.63, 3.8) is 0 Å². The van der Waals surface area contributed by atoms with E-state index in [0.717, 1.165) is 16.7 Å². The number of carbonyl (C=O) groups is 2. The molecule has 25 heavy (non-hydrogen) atoms. The first-order chi connectivity index (χ1) is 11.8. The Hall–Kier alpha value is -2.27. The van der Waals surface area contributed by atoms with Gasteiger partial charge in [-0.1, -0.05) is 29.8 Å². The zero-order valence-electron chi connectivity index (χ0n) is 14.9. The smallest absolute Gasteiger partial charge is 0.316 e. The van der Waals surface area contributed by atoms with Gasteiger partial charge in [-0.05, 0) is 56.5 Å². The van der Waals surface area contributed by atoms with Crippen molar-refractivity contribution in [3.05, 3.63) is 64.2 Å². The maximum absolute atomic E-state index is 12.6. The molecule has 2 rings (SSSR count). The van der Waals surface area contributed by atoms with Crippen molar-refractivity contribution < 1.29 is 14.7 Å². The van der Waals surface area contributed by atoms with Gasteiger partial charge < -0.3 is 10.4 Å². The fraction of sp³-hybridized carbons (Fsp3) is 0.300. The SMILES string of the molecule is Cc1cc(C)c(CNC(=O)c2ccccc2SC(C)C(=O)O)c(C)c1. The molecular weight excluding hydrogens is 334 g/mol. The van der Waals surface area contributed by atoms with Gasteiger partial charge in [-0.15, -0.1) is 11.8 Å². The van der Waals surface area contributed by atoms with E-state index in [2.05, 4.69) is 24.4 Å². The van der Waals surface area contributed by atoms with Crippen molar-refractivity contribution >= 4 is 23.6 Å². The lowest BCUT2D eigenvalue weighted by atomic mass is 10.00. The molecule has 0 fully saturated rings. The van der Waals surface area contributed by atoms with Crippen LogP contribution in [0, 0.1) is 20.8 Å². The number of carbonyl (C=O) groups excluding carboxylic acids is 1. The lowest BCUT2D eigenvalue weighted by Crippen LogP contribution is -2.24. The van der Waals surface area contributed by atoms with Crippen LogP contribution in [-0.4, -0.2) is 22.2 Å². The van der Waals surface area contributed by atoms with Crippen LogP contribution in [-0.2, 0) is 11.3 Å². The van der Waals surface area contributed by atoms with Crippen LogP contribution in [0.15, 0.2) is 41.3 Å². The topological polar surface area (TPSA) is 66.4 Å². The van der Waals surface area contributed by atoms with E-state index in [1.165, 1.54) is 17.3 Å². The molecule has 0 aliphatic carbocycles. The summed E-state index contributed by atoms with van der Waals surface area (Å²) >= 11 is 1.18. The molecule has 2 aromatic rings. The highest BCUT2D eigenvalue weighted by molar-refractivity contribution is 8.00. The number of hydrogen-bond acceptors (Lipinski definition) is 3. The Labute approximate surface area is 152 Å². The molecule has 0 spiro atoms. The van der Waals surface area contributed by atoms with Gasteiger partial charge in [0.05, 0.1) is 5.56 Å². The third-order valence-corrected chi connectivity index (χ3v) is 5.21. The minimum atomic E-state index is -0.897. The van der Waals surface area contributed by atoms with Crippen LogP contribution in [0.2, 0.25) is 0 Å². The standard InChI is InChI=1S/C20H23NO3S/c1-12-9-13(2)17(14(3)10-12)11-21-19(22)16-7-5-6-8-18(16)25-15(4)20(23)24/h5-10,15H,11H2,1-4H3,(H,21,22)(H,23,24). The Balaban J connectivity index is 2.16. The highest BCUT2D eigenvalue weighted by atomic mass is 32.2. The highest BCUT2D eigenvalue weighted by Gasteiger charge is 2.18. The molecule has 0 radical (unpaired) electrons. The molecule has 0 saturated heterocycles. The lowest BCUT2D eigenvalue weighted by Gasteiger charge is -2.14. The van der Waals surface area contributed by atoms with Gasteiger partial charge in [-0.25, -0.2) is 0 Å². The number of benzene rings is 2. The van der Waals surface area contributed by atoms with Gasteiger partial charge >= 0.3 is 5.97 Å². The van der Waals surface area contributed by atoms with Gasteiger partial charge in [-0.3, -0.25) is 9.59 Å². The van der Waals surface area contributed by atoms with E-state index in [-0.39, 0.29) is 5.91 Å². The van der Waals surface area contributed by atoms with E-state index in [1.54, 1.807) is 25.1 Å². The van der Waals surface area contributed by atoms with Crippen molar-refractivity contribution in [1.29, 1.82) is 0 Å². The average Bonchev–Trinajstić information content (AvgIpc) is 2.54. The van der Waals surface area contributed by atoms with Crippen LogP contribution in [0.3, 0.4) is 0 Å². The number of hydrogen-bond donors (Lipinski definition) is 2. The monoisotopic (exact) mass is 357 g/mol. The van der Waals surface area contributed by atoms with E-state index in [1.807, 2.05) is 19.9 Å². The van der Waals surface area contributed by atoms with Gasteiger partial charge in [0.15, 0.2) is 0 Å². The maximum Gasteiger partial charge on any atom is 0.316 e. The van der Waals surface area contributed by atoms with E-state index in [9.17, 15) is 9.59 Å². The fourth-order valence-corrected chi connectivity index (χ4v) is 3.68. The highest BCUT2D eigenvalue weighted by Crippen LogP contribution is 2.27. The Morgan fingerprint density at radius 3 is 2.32 bits per heavy atom. The van der Waals surface area contributed by atoms with Crippen molar-refractivity contribution in [2.24, 2.45) is 0 Å². The van der Waals surface area contributed by atoms with Crippen LogP contribution >= 0.6 is 11.8 Å². The first-order valence-corrected chi connectivity index (χ1v) is 9.01.